The van der Waals surface area contributed by atoms with Crippen molar-refractivity contribution in [1.82, 2.24) is 10.1 Å². The van der Waals surface area contributed by atoms with Gasteiger partial charge in [-0.2, -0.15) is 0 Å². The van der Waals surface area contributed by atoms with Crippen LogP contribution in [0.1, 0.15) is 31.4 Å². The van der Waals surface area contributed by atoms with Gasteiger partial charge in [-0.25, -0.2) is 0 Å². The Morgan fingerprint density at radius 3 is 2.76 bits per heavy atom. The Morgan fingerprint density at radius 1 is 1.29 bits per heavy atom. The number of alkyl halides is 1. The molecule has 4 rings (SSSR count). The maximum Gasteiger partial charge on any atom is 0.229 e. The predicted molar refractivity (Wildman–Crippen MR) is 83.3 cm³/mol. The lowest BCUT2D eigenvalue weighted by Crippen LogP contribution is -2.47. The molecule has 21 heavy (non-hydrogen) atoms. The van der Waals surface area contributed by atoms with Gasteiger partial charge in [-0.05, 0) is 37.8 Å². The normalized spacial score (nSPS) is 28.2. The van der Waals surface area contributed by atoms with Crippen LogP contribution in [0.25, 0.3) is 11.0 Å². The van der Waals surface area contributed by atoms with E-state index in [0.29, 0.717) is 23.3 Å². The van der Waals surface area contributed by atoms with E-state index in [-0.39, 0.29) is 5.91 Å². The quantitative estimate of drug-likeness (QED) is 0.782. The van der Waals surface area contributed by atoms with Gasteiger partial charge in [0.05, 0.1) is 6.42 Å². The molecule has 0 N–H and O–H groups in total. The third-order valence-corrected chi connectivity index (χ3v) is 5.48. The van der Waals surface area contributed by atoms with E-state index in [9.17, 15) is 4.79 Å². The van der Waals surface area contributed by atoms with Gasteiger partial charge in [-0.3, -0.25) is 4.79 Å². The van der Waals surface area contributed by atoms with Crippen LogP contribution in [0.15, 0.2) is 28.8 Å². The van der Waals surface area contributed by atoms with Crippen molar-refractivity contribution < 1.29 is 9.32 Å². The molecule has 2 bridgehead atoms. The highest BCUT2D eigenvalue weighted by atomic mass is 79.9. The molecule has 0 aliphatic carbocycles. The van der Waals surface area contributed by atoms with Crippen LogP contribution in [-0.4, -0.2) is 32.9 Å². The van der Waals surface area contributed by atoms with Gasteiger partial charge >= 0.3 is 0 Å². The first-order chi connectivity index (χ1) is 10.2. The van der Waals surface area contributed by atoms with Crippen molar-refractivity contribution in [3.8, 4) is 0 Å². The summed E-state index contributed by atoms with van der Waals surface area (Å²) in [5.41, 5.74) is 1.51. The Kier molecular flexibility index (Phi) is 3.25. The van der Waals surface area contributed by atoms with Gasteiger partial charge in [0.2, 0.25) is 5.91 Å². The summed E-state index contributed by atoms with van der Waals surface area (Å²) < 4.78 is 5.30. The molecule has 4 nitrogen and oxygen atoms in total. The van der Waals surface area contributed by atoms with Gasteiger partial charge in [0.1, 0.15) is 5.69 Å². The van der Waals surface area contributed by atoms with Gasteiger partial charge in [0, 0.05) is 22.3 Å². The molecule has 2 aromatic rings. The summed E-state index contributed by atoms with van der Waals surface area (Å²) in [6, 6.07) is 8.52. The zero-order valence-electron chi connectivity index (χ0n) is 11.7. The zero-order valence-corrected chi connectivity index (χ0v) is 13.3. The molecule has 0 saturated carbocycles. The number of para-hydroxylation sites is 1. The highest BCUT2D eigenvalue weighted by Gasteiger charge is 2.42. The Labute approximate surface area is 131 Å². The van der Waals surface area contributed by atoms with E-state index in [0.717, 1.165) is 42.3 Å². The average molecular weight is 349 g/mol. The molecule has 2 unspecified atom stereocenters. The minimum Gasteiger partial charge on any atom is -0.356 e. The first-order valence-electron chi connectivity index (χ1n) is 7.51. The molecule has 0 spiro atoms. The summed E-state index contributed by atoms with van der Waals surface area (Å²) in [7, 11) is 0. The predicted octanol–water partition coefficient (Wildman–Crippen LogP) is 3.29. The maximum atomic E-state index is 12.7. The smallest absolute Gasteiger partial charge is 0.229 e. The number of benzene rings is 1. The van der Waals surface area contributed by atoms with Gasteiger partial charge < -0.3 is 9.42 Å². The Balaban J connectivity index is 1.56. The van der Waals surface area contributed by atoms with Crippen molar-refractivity contribution in [2.45, 2.75) is 49.0 Å². The largest absolute Gasteiger partial charge is 0.356 e. The van der Waals surface area contributed by atoms with E-state index in [1.165, 1.54) is 0 Å². The summed E-state index contributed by atoms with van der Waals surface area (Å²) in [4.78, 5) is 15.4. The summed E-state index contributed by atoms with van der Waals surface area (Å²) in [5.74, 6) is 0.195. The summed E-state index contributed by atoms with van der Waals surface area (Å²) in [6.45, 7) is 0. The molecule has 5 heteroatoms. The van der Waals surface area contributed by atoms with Crippen molar-refractivity contribution in [2.75, 3.05) is 0 Å². The van der Waals surface area contributed by atoms with E-state index in [4.69, 9.17) is 4.52 Å². The van der Waals surface area contributed by atoms with Crippen LogP contribution in [0.2, 0.25) is 0 Å². The van der Waals surface area contributed by atoms with Crippen molar-refractivity contribution in [1.29, 1.82) is 0 Å². The van der Waals surface area contributed by atoms with E-state index in [2.05, 4.69) is 26.0 Å². The first-order valence-corrected chi connectivity index (χ1v) is 8.42. The molecule has 2 fully saturated rings. The number of rotatable bonds is 2. The van der Waals surface area contributed by atoms with Gasteiger partial charge in [-0.15, -0.1) is 0 Å². The van der Waals surface area contributed by atoms with Gasteiger partial charge in [-0.1, -0.05) is 33.2 Å². The third-order valence-electron chi connectivity index (χ3n) is 4.73. The summed E-state index contributed by atoms with van der Waals surface area (Å²) in [6.07, 6.45) is 4.76. The molecular formula is C16H17BrN2O2. The number of carbonyl (C=O) groups excluding carboxylic acids is 1. The number of aromatic nitrogens is 1. The van der Waals surface area contributed by atoms with Crippen LogP contribution in [-0.2, 0) is 11.2 Å². The SMILES string of the molecule is O=C(Cc1noc2ccccc12)N1C2CCC1CC(Br)C2. The van der Waals surface area contributed by atoms with E-state index >= 15 is 0 Å². The molecule has 3 heterocycles. The topological polar surface area (TPSA) is 46.3 Å². The number of piperidine rings is 1. The number of hydrogen-bond donors (Lipinski definition) is 0. The van der Waals surface area contributed by atoms with Gasteiger partial charge in [0.15, 0.2) is 5.58 Å². The van der Waals surface area contributed by atoms with E-state index in [1.54, 1.807) is 0 Å². The Hall–Kier alpha value is -1.36. The maximum absolute atomic E-state index is 12.7. The number of carbonyl (C=O) groups is 1. The summed E-state index contributed by atoms with van der Waals surface area (Å²) in [5, 5.41) is 5.04. The second kappa shape index (κ2) is 5.13. The number of halogens is 1. The average Bonchev–Trinajstić information content (AvgIpc) is 2.99. The minimum atomic E-state index is 0.195. The molecule has 0 radical (unpaired) electrons. The van der Waals surface area contributed by atoms with E-state index < -0.39 is 0 Å². The van der Waals surface area contributed by atoms with Crippen LogP contribution in [0.3, 0.4) is 0 Å². The highest BCUT2D eigenvalue weighted by molar-refractivity contribution is 9.09. The standard InChI is InChI=1S/C16H17BrN2O2/c17-10-7-11-5-6-12(8-10)19(11)16(20)9-14-13-3-1-2-4-15(13)21-18-14/h1-4,10-12H,5-9H2. The molecule has 1 aromatic carbocycles. The fraction of sp³-hybridized carbons (Fsp3) is 0.500. The molecule has 1 aromatic heterocycles. The van der Waals surface area contributed by atoms with Crippen molar-refractivity contribution in [2.24, 2.45) is 0 Å². The number of amides is 1. The van der Waals surface area contributed by atoms with Crippen LogP contribution >= 0.6 is 15.9 Å². The molecule has 1 amide bonds. The summed E-state index contributed by atoms with van der Waals surface area (Å²) >= 11 is 3.71. The number of hydrogen-bond acceptors (Lipinski definition) is 3. The molecule has 2 saturated heterocycles. The Morgan fingerprint density at radius 2 is 2.00 bits per heavy atom. The van der Waals surface area contributed by atoms with Crippen LogP contribution in [0.4, 0.5) is 0 Å². The fourth-order valence-corrected chi connectivity index (χ4v) is 4.68. The van der Waals surface area contributed by atoms with E-state index in [1.807, 2.05) is 24.3 Å². The molecule has 2 aliphatic heterocycles. The monoisotopic (exact) mass is 348 g/mol. The van der Waals surface area contributed by atoms with Crippen molar-refractivity contribution in [3.63, 3.8) is 0 Å². The zero-order chi connectivity index (χ0) is 14.4. The first kappa shape index (κ1) is 13.3. The van der Waals surface area contributed by atoms with Crippen LogP contribution < -0.4 is 0 Å². The number of nitrogens with zero attached hydrogens (tertiary/aromatic N) is 2. The molecule has 2 aliphatic rings. The van der Waals surface area contributed by atoms with Crippen LogP contribution in [0.5, 0.6) is 0 Å². The van der Waals surface area contributed by atoms with Gasteiger partial charge in [0.25, 0.3) is 0 Å². The second-order valence-electron chi connectivity index (χ2n) is 6.06. The lowest BCUT2D eigenvalue weighted by molar-refractivity contribution is -0.134. The van der Waals surface area contributed by atoms with Crippen molar-refractivity contribution in [3.05, 3.63) is 30.0 Å². The fourth-order valence-electron chi connectivity index (χ4n) is 3.82. The van der Waals surface area contributed by atoms with Crippen LogP contribution in [0, 0.1) is 0 Å². The third kappa shape index (κ3) is 2.27. The second-order valence-corrected chi connectivity index (χ2v) is 7.35. The molecule has 2 atom stereocenters. The Bertz CT molecular complexity index is 670. The highest BCUT2D eigenvalue weighted by Crippen LogP contribution is 2.38. The lowest BCUT2D eigenvalue weighted by atomic mass is 10.0. The molecule has 110 valence electrons. The number of fused-ring (bicyclic) bond motifs is 3. The molecular weight excluding hydrogens is 332 g/mol. The lowest BCUT2D eigenvalue weighted by Gasteiger charge is -2.37. The van der Waals surface area contributed by atoms with Crippen molar-refractivity contribution >= 4 is 32.8 Å². The minimum absolute atomic E-state index is 0.195.